The van der Waals surface area contributed by atoms with Gasteiger partial charge in [0, 0.05) is 6.54 Å². The summed E-state index contributed by atoms with van der Waals surface area (Å²) in [7, 11) is 1.39. The van der Waals surface area contributed by atoms with E-state index in [4.69, 9.17) is 4.84 Å². The molecule has 0 bridgehead atoms. The molecule has 0 aliphatic heterocycles. The number of methoxy groups -OCH3 is 1. The number of hydroxylamine groups is 1. The number of rotatable bonds is 5. The van der Waals surface area contributed by atoms with Gasteiger partial charge in [0.2, 0.25) is 0 Å². The molecule has 1 aliphatic rings. The van der Waals surface area contributed by atoms with Crippen molar-refractivity contribution in [1.29, 1.82) is 0 Å². The maximum Gasteiger partial charge on any atom is 0.306 e. The molecule has 0 heterocycles. The molecular weight excluding hydrogens is 170 g/mol. The minimum Gasteiger partial charge on any atom is -0.469 e. The third-order valence-electron chi connectivity index (χ3n) is 2.21. The van der Waals surface area contributed by atoms with Crippen LogP contribution in [-0.4, -0.2) is 25.7 Å². The van der Waals surface area contributed by atoms with Crippen LogP contribution < -0.4 is 5.48 Å². The maximum absolute atomic E-state index is 10.7. The molecule has 0 unspecified atom stereocenters. The summed E-state index contributed by atoms with van der Waals surface area (Å²) in [6.45, 7) is 0.531. The van der Waals surface area contributed by atoms with E-state index in [1.807, 2.05) is 0 Å². The Morgan fingerprint density at radius 3 is 2.77 bits per heavy atom. The van der Waals surface area contributed by atoms with Gasteiger partial charge in [-0.3, -0.25) is 9.63 Å². The zero-order chi connectivity index (χ0) is 9.52. The van der Waals surface area contributed by atoms with E-state index in [1.54, 1.807) is 0 Å². The van der Waals surface area contributed by atoms with Gasteiger partial charge < -0.3 is 4.74 Å². The summed E-state index contributed by atoms with van der Waals surface area (Å²) in [5.41, 5.74) is 2.79. The lowest BCUT2D eigenvalue weighted by Crippen LogP contribution is -2.24. The van der Waals surface area contributed by atoms with Crippen LogP contribution in [0.25, 0.3) is 0 Å². The fourth-order valence-corrected chi connectivity index (χ4v) is 1.44. The van der Waals surface area contributed by atoms with Gasteiger partial charge in [0.05, 0.1) is 19.6 Å². The molecule has 1 fully saturated rings. The maximum atomic E-state index is 10.7. The molecule has 76 valence electrons. The molecule has 1 N–H and O–H groups in total. The molecule has 4 nitrogen and oxygen atoms in total. The van der Waals surface area contributed by atoms with E-state index in [2.05, 4.69) is 10.2 Å². The first-order valence-corrected chi connectivity index (χ1v) is 4.78. The average molecular weight is 187 g/mol. The quantitative estimate of drug-likeness (QED) is 0.396. The van der Waals surface area contributed by atoms with Crippen LogP contribution in [0.5, 0.6) is 0 Å². The summed E-state index contributed by atoms with van der Waals surface area (Å²) in [6, 6.07) is 0. The highest BCUT2D eigenvalue weighted by molar-refractivity contribution is 5.69. The van der Waals surface area contributed by atoms with E-state index in [0.717, 1.165) is 12.8 Å². The summed E-state index contributed by atoms with van der Waals surface area (Å²) < 4.78 is 4.49. The Kier molecular flexibility index (Phi) is 4.78. The van der Waals surface area contributed by atoms with Crippen LogP contribution in [0.4, 0.5) is 0 Å². The van der Waals surface area contributed by atoms with Crippen molar-refractivity contribution in [2.45, 2.75) is 38.2 Å². The Morgan fingerprint density at radius 1 is 1.46 bits per heavy atom. The Balaban J connectivity index is 1.91. The van der Waals surface area contributed by atoms with Crippen LogP contribution in [0.3, 0.4) is 0 Å². The molecule has 1 saturated carbocycles. The Hall–Kier alpha value is -0.610. The lowest BCUT2D eigenvalue weighted by Gasteiger charge is -2.10. The van der Waals surface area contributed by atoms with Crippen molar-refractivity contribution in [3.8, 4) is 0 Å². The Morgan fingerprint density at radius 2 is 2.15 bits per heavy atom. The van der Waals surface area contributed by atoms with E-state index in [-0.39, 0.29) is 5.97 Å². The number of esters is 1. The molecule has 0 aromatic rings. The van der Waals surface area contributed by atoms with Gasteiger partial charge in [-0.15, -0.1) is 0 Å². The minimum atomic E-state index is -0.206. The Bertz CT molecular complexity index is 155. The van der Waals surface area contributed by atoms with E-state index >= 15 is 0 Å². The highest BCUT2D eigenvalue weighted by atomic mass is 16.7. The van der Waals surface area contributed by atoms with Crippen molar-refractivity contribution in [2.24, 2.45) is 0 Å². The molecule has 0 saturated heterocycles. The molecule has 4 heteroatoms. The number of ether oxygens (including phenoxy) is 1. The van der Waals surface area contributed by atoms with Crippen LogP contribution in [0.15, 0.2) is 0 Å². The highest BCUT2D eigenvalue weighted by Gasteiger charge is 2.15. The normalized spacial score (nSPS) is 17.6. The number of carbonyl (C=O) groups is 1. The van der Waals surface area contributed by atoms with E-state index in [0.29, 0.717) is 19.1 Å². The molecule has 1 aliphatic carbocycles. The van der Waals surface area contributed by atoms with Gasteiger partial charge in [-0.25, -0.2) is 5.48 Å². The molecule has 0 aromatic heterocycles. The smallest absolute Gasteiger partial charge is 0.306 e. The fraction of sp³-hybridized carbons (Fsp3) is 0.889. The summed E-state index contributed by atoms with van der Waals surface area (Å²) in [4.78, 5) is 16.0. The largest absolute Gasteiger partial charge is 0.469 e. The lowest BCUT2D eigenvalue weighted by molar-refractivity contribution is -0.141. The van der Waals surface area contributed by atoms with Gasteiger partial charge in [-0.05, 0) is 12.8 Å². The van der Waals surface area contributed by atoms with Gasteiger partial charge in [-0.2, -0.15) is 0 Å². The molecule has 1 rings (SSSR count). The van der Waals surface area contributed by atoms with Crippen LogP contribution in [0, 0.1) is 0 Å². The van der Waals surface area contributed by atoms with E-state index in [1.165, 1.54) is 20.0 Å². The SMILES string of the molecule is COC(=O)CCNOC1CCCC1. The number of nitrogens with one attached hydrogen (secondary N) is 1. The van der Waals surface area contributed by atoms with Crippen molar-refractivity contribution >= 4 is 5.97 Å². The molecule has 0 radical (unpaired) electrons. The summed E-state index contributed by atoms with van der Waals surface area (Å²) in [6.07, 6.45) is 5.48. The summed E-state index contributed by atoms with van der Waals surface area (Å²) >= 11 is 0. The predicted molar refractivity (Wildman–Crippen MR) is 48.0 cm³/mol. The number of hydrogen-bond acceptors (Lipinski definition) is 4. The first-order chi connectivity index (χ1) is 6.33. The molecule has 0 amide bonds. The lowest BCUT2D eigenvalue weighted by atomic mass is 10.3. The number of carbonyl (C=O) groups excluding carboxylic acids is 1. The summed E-state index contributed by atoms with van der Waals surface area (Å²) in [5, 5.41) is 0. The van der Waals surface area contributed by atoms with Gasteiger partial charge in [0.1, 0.15) is 0 Å². The minimum absolute atomic E-state index is 0.206. The van der Waals surface area contributed by atoms with Crippen LogP contribution in [0.1, 0.15) is 32.1 Å². The standard InChI is InChI=1S/C9H17NO3/c1-12-9(11)6-7-10-13-8-4-2-3-5-8/h8,10H,2-7H2,1H3. The van der Waals surface area contributed by atoms with Crippen LogP contribution >= 0.6 is 0 Å². The van der Waals surface area contributed by atoms with Crippen LogP contribution in [-0.2, 0) is 14.4 Å². The second kappa shape index (κ2) is 5.94. The predicted octanol–water partition coefficient (Wildman–Crippen LogP) is 1.01. The number of hydrogen-bond donors (Lipinski definition) is 1. The van der Waals surface area contributed by atoms with Crippen molar-refractivity contribution in [2.75, 3.05) is 13.7 Å². The Labute approximate surface area is 78.5 Å². The second-order valence-corrected chi connectivity index (χ2v) is 3.24. The topological polar surface area (TPSA) is 47.6 Å². The van der Waals surface area contributed by atoms with Crippen LogP contribution in [0.2, 0.25) is 0 Å². The third kappa shape index (κ3) is 4.24. The van der Waals surface area contributed by atoms with E-state index in [9.17, 15) is 4.79 Å². The molecular formula is C9H17NO3. The third-order valence-corrected chi connectivity index (χ3v) is 2.21. The second-order valence-electron chi connectivity index (χ2n) is 3.24. The van der Waals surface area contributed by atoms with Gasteiger partial charge in [-0.1, -0.05) is 12.8 Å². The molecule has 13 heavy (non-hydrogen) atoms. The monoisotopic (exact) mass is 187 g/mol. The zero-order valence-electron chi connectivity index (χ0n) is 8.04. The van der Waals surface area contributed by atoms with Crippen molar-refractivity contribution in [3.05, 3.63) is 0 Å². The van der Waals surface area contributed by atoms with Crippen molar-refractivity contribution in [1.82, 2.24) is 5.48 Å². The van der Waals surface area contributed by atoms with Gasteiger partial charge in [0.15, 0.2) is 0 Å². The van der Waals surface area contributed by atoms with Gasteiger partial charge in [0.25, 0.3) is 0 Å². The zero-order valence-corrected chi connectivity index (χ0v) is 8.04. The average Bonchev–Trinajstić information content (AvgIpc) is 2.64. The molecule has 0 spiro atoms. The van der Waals surface area contributed by atoms with Gasteiger partial charge >= 0.3 is 5.97 Å². The van der Waals surface area contributed by atoms with Crippen molar-refractivity contribution < 1.29 is 14.4 Å². The highest BCUT2D eigenvalue weighted by Crippen LogP contribution is 2.19. The molecule has 0 atom stereocenters. The molecule has 0 aromatic carbocycles. The first kappa shape index (κ1) is 10.5. The van der Waals surface area contributed by atoms with E-state index < -0.39 is 0 Å². The van der Waals surface area contributed by atoms with Crippen molar-refractivity contribution in [3.63, 3.8) is 0 Å². The first-order valence-electron chi connectivity index (χ1n) is 4.78. The fourth-order valence-electron chi connectivity index (χ4n) is 1.44. The summed E-state index contributed by atoms with van der Waals surface area (Å²) in [5.74, 6) is -0.206.